The van der Waals surface area contributed by atoms with E-state index >= 15 is 0 Å². The largest absolute Gasteiger partial charge is 0.480 e. The Labute approximate surface area is 94.9 Å². The van der Waals surface area contributed by atoms with Crippen molar-refractivity contribution in [2.45, 2.75) is 27.2 Å². The molecule has 0 saturated heterocycles. The number of nitrogens with one attached hydrogen (secondary N) is 1. The van der Waals surface area contributed by atoms with Gasteiger partial charge < -0.3 is 10.4 Å². The Morgan fingerprint density at radius 2 is 2.12 bits per heavy atom. The van der Waals surface area contributed by atoms with Crippen LogP contribution in [0.2, 0.25) is 0 Å². The molecule has 0 fully saturated rings. The first-order valence-corrected chi connectivity index (χ1v) is 5.13. The highest BCUT2D eigenvalue weighted by Gasteiger charge is 2.12. The van der Waals surface area contributed by atoms with Crippen molar-refractivity contribution in [3.63, 3.8) is 0 Å². The van der Waals surface area contributed by atoms with Gasteiger partial charge >= 0.3 is 5.97 Å². The summed E-state index contributed by atoms with van der Waals surface area (Å²) in [7, 11) is 0. The van der Waals surface area contributed by atoms with Crippen LogP contribution in [0.25, 0.3) is 0 Å². The van der Waals surface area contributed by atoms with E-state index in [9.17, 15) is 4.79 Å². The maximum atomic E-state index is 10.4. The molecule has 0 aromatic carbocycles. The molecule has 5 heteroatoms. The molecule has 1 aromatic rings. The van der Waals surface area contributed by atoms with E-state index in [1.807, 2.05) is 0 Å². The van der Waals surface area contributed by atoms with Gasteiger partial charge in [-0.05, 0) is 11.8 Å². The number of aromatic nitrogens is 2. The Bertz CT molecular complexity index is 372. The van der Waals surface area contributed by atoms with Gasteiger partial charge in [-0.15, -0.1) is 0 Å². The quantitative estimate of drug-likeness (QED) is 0.810. The molecule has 5 nitrogen and oxygen atoms in total. The molecular weight excluding hydrogens is 206 g/mol. The Morgan fingerprint density at radius 3 is 2.69 bits per heavy atom. The van der Waals surface area contributed by atoms with Crippen molar-refractivity contribution >= 4 is 11.8 Å². The third kappa shape index (κ3) is 4.72. The first-order valence-electron chi connectivity index (χ1n) is 5.13. The van der Waals surface area contributed by atoms with Crippen molar-refractivity contribution in [3.8, 4) is 0 Å². The van der Waals surface area contributed by atoms with Gasteiger partial charge in [-0.2, -0.15) is 0 Å². The second-order valence-corrected chi connectivity index (χ2v) is 4.88. The molecule has 0 radical (unpaired) electrons. The summed E-state index contributed by atoms with van der Waals surface area (Å²) in [5.41, 5.74) is 1.06. The Kier molecular flexibility index (Phi) is 3.82. The summed E-state index contributed by atoms with van der Waals surface area (Å²) >= 11 is 0. The zero-order chi connectivity index (χ0) is 12.2. The van der Waals surface area contributed by atoms with E-state index in [0.717, 1.165) is 12.1 Å². The highest BCUT2D eigenvalue weighted by atomic mass is 16.4. The summed E-state index contributed by atoms with van der Waals surface area (Å²) in [5.74, 6) is -0.354. The molecule has 0 aliphatic heterocycles. The van der Waals surface area contributed by atoms with E-state index in [4.69, 9.17) is 5.11 Å². The zero-order valence-electron chi connectivity index (χ0n) is 9.82. The van der Waals surface area contributed by atoms with Crippen LogP contribution in [0.5, 0.6) is 0 Å². The normalized spacial score (nSPS) is 11.2. The van der Waals surface area contributed by atoms with E-state index in [2.05, 4.69) is 36.1 Å². The van der Waals surface area contributed by atoms with E-state index in [-0.39, 0.29) is 12.0 Å². The molecule has 0 atom stereocenters. The van der Waals surface area contributed by atoms with Crippen molar-refractivity contribution in [2.75, 3.05) is 11.9 Å². The first kappa shape index (κ1) is 12.4. The standard InChI is InChI=1S/C11H17N3O2/c1-11(2,3)5-8-4-9(14-7-13-8)12-6-10(15)16/h4,7H,5-6H2,1-3H3,(H,15,16)(H,12,13,14). The SMILES string of the molecule is CC(C)(C)Cc1cc(NCC(=O)O)ncn1. The van der Waals surface area contributed by atoms with Crippen LogP contribution in [-0.4, -0.2) is 27.6 Å². The predicted octanol–water partition coefficient (Wildman–Crippen LogP) is 1.56. The predicted molar refractivity (Wildman–Crippen MR) is 61.3 cm³/mol. The van der Waals surface area contributed by atoms with Gasteiger partial charge in [0, 0.05) is 11.8 Å². The lowest BCUT2D eigenvalue weighted by Gasteiger charge is -2.17. The van der Waals surface area contributed by atoms with Crippen LogP contribution in [0.1, 0.15) is 26.5 Å². The molecule has 0 saturated carbocycles. The number of hydrogen-bond acceptors (Lipinski definition) is 4. The third-order valence-corrected chi connectivity index (χ3v) is 1.86. The highest BCUT2D eigenvalue weighted by molar-refractivity contribution is 5.72. The minimum atomic E-state index is -0.906. The Balaban J connectivity index is 2.67. The topological polar surface area (TPSA) is 75.1 Å². The average Bonchev–Trinajstić information content (AvgIpc) is 2.12. The fourth-order valence-corrected chi connectivity index (χ4v) is 1.30. The van der Waals surface area contributed by atoms with Gasteiger partial charge in [-0.25, -0.2) is 9.97 Å². The van der Waals surface area contributed by atoms with Gasteiger partial charge in [0.2, 0.25) is 0 Å². The number of nitrogens with zero attached hydrogens (tertiary/aromatic N) is 2. The highest BCUT2D eigenvalue weighted by Crippen LogP contribution is 2.19. The maximum Gasteiger partial charge on any atom is 0.322 e. The Morgan fingerprint density at radius 1 is 1.44 bits per heavy atom. The van der Waals surface area contributed by atoms with Crippen molar-refractivity contribution in [1.82, 2.24) is 9.97 Å². The minimum Gasteiger partial charge on any atom is -0.480 e. The number of carboxylic acids is 1. The van der Waals surface area contributed by atoms with E-state index in [1.54, 1.807) is 6.07 Å². The Hall–Kier alpha value is -1.65. The molecule has 2 N–H and O–H groups in total. The number of rotatable bonds is 4. The summed E-state index contributed by atoms with van der Waals surface area (Å²) in [5, 5.41) is 11.2. The summed E-state index contributed by atoms with van der Waals surface area (Å²) in [6.45, 7) is 6.24. The van der Waals surface area contributed by atoms with Crippen molar-refractivity contribution in [3.05, 3.63) is 18.1 Å². The second kappa shape index (κ2) is 4.92. The van der Waals surface area contributed by atoms with Crippen LogP contribution in [0.15, 0.2) is 12.4 Å². The van der Waals surface area contributed by atoms with Crippen LogP contribution < -0.4 is 5.32 Å². The molecule has 0 unspecified atom stereocenters. The number of hydrogen-bond donors (Lipinski definition) is 2. The van der Waals surface area contributed by atoms with Crippen LogP contribution >= 0.6 is 0 Å². The lowest BCUT2D eigenvalue weighted by molar-refractivity contribution is -0.134. The fraction of sp³-hybridized carbons (Fsp3) is 0.545. The molecular formula is C11H17N3O2. The van der Waals surface area contributed by atoms with Crippen LogP contribution in [0.4, 0.5) is 5.82 Å². The summed E-state index contributed by atoms with van der Waals surface area (Å²) < 4.78 is 0. The second-order valence-electron chi connectivity index (χ2n) is 4.88. The molecule has 0 spiro atoms. The lowest BCUT2D eigenvalue weighted by atomic mass is 9.90. The van der Waals surface area contributed by atoms with Gasteiger partial charge in [-0.1, -0.05) is 20.8 Å². The number of aliphatic carboxylic acids is 1. The third-order valence-electron chi connectivity index (χ3n) is 1.86. The van der Waals surface area contributed by atoms with Crippen LogP contribution in [0, 0.1) is 5.41 Å². The number of carboxylic acid groups (broad SMARTS) is 1. The average molecular weight is 223 g/mol. The van der Waals surface area contributed by atoms with Crippen molar-refractivity contribution < 1.29 is 9.90 Å². The first-order chi connectivity index (χ1) is 7.37. The molecule has 0 aliphatic rings. The minimum absolute atomic E-state index is 0.133. The van der Waals surface area contributed by atoms with Gasteiger partial charge in [0.25, 0.3) is 0 Å². The van der Waals surface area contributed by atoms with E-state index in [1.165, 1.54) is 6.33 Å². The van der Waals surface area contributed by atoms with Gasteiger partial charge in [0.15, 0.2) is 0 Å². The smallest absolute Gasteiger partial charge is 0.322 e. The molecule has 88 valence electrons. The van der Waals surface area contributed by atoms with Crippen molar-refractivity contribution in [1.29, 1.82) is 0 Å². The van der Waals surface area contributed by atoms with Crippen LogP contribution in [0.3, 0.4) is 0 Å². The molecule has 16 heavy (non-hydrogen) atoms. The van der Waals surface area contributed by atoms with Crippen LogP contribution in [-0.2, 0) is 11.2 Å². The molecule has 1 rings (SSSR count). The fourth-order valence-electron chi connectivity index (χ4n) is 1.30. The van der Waals surface area contributed by atoms with Gasteiger partial charge in [-0.3, -0.25) is 4.79 Å². The van der Waals surface area contributed by atoms with E-state index < -0.39 is 5.97 Å². The maximum absolute atomic E-state index is 10.4. The number of carbonyl (C=O) groups is 1. The summed E-state index contributed by atoms with van der Waals surface area (Å²) in [4.78, 5) is 18.5. The molecule has 1 heterocycles. The molecule has 0 aliphatic carbocycles. The lowest BCUT2D eigenvalue weighted by Crippen LogP contribution is -2.15. The molecule has 0 bridgehead atoms. The molecule has 0 amide bonds. The monoisotopic (exact) mass is 223 g/mol. The zero-order valence-corrected chi connectivity index (χ0v) is 9.82. The number of anilines is 1. The van der Waals surface area contributed by atoms with E-state index in [0.29, 0.717) is 5.82 Å². The molecule has 1 aromatic heterocycles. The van der Waals surface area contributed by atoms with Gasteiger partial charge in [0.1, 0.15) is 18.7 Å². The summed E-state index contributed by atoms with van der Waals surface area (Å²) in [6.07, 6.45) is 2.28. The summed E-state index contributed by atoms with van der Waals surface area (Å²) in [6, 6.07) is 1.79. The van der Waals surface area contributed by atoms with Crippen molar-refractivity contribution in [2.24, 2.45) is 5.41 Å². The van der Waals surface area contributed by atoms with Gasteiger partial charge in [0.05, 0.1) is 0 Å².